The zero-order chi connectivity index (χ0) is 12.2. The Kier molecular flexibility index (Phi) is 1.95. The molecule has 86 valence electrons. The summed E-state index contributed by atoms with van der Waals surface area (Å²) in [6.45, 7) is 0. The fraction of sp³-hybridized carbons (Fsp3) is 0.0625. The summed E-state index contributed by atoms with van der Waals surface area (Å²) in [6.07, 6.45) is 12.9. The van der Waals surface area contributed by atoms with Crippen molar-refractivity contribution >= 4 is 27.3 Å². The Hall–Kier alpha value is -1.67. The normalized spacial score (nSPS) is 26.8. The number of hydrogen-bond acceptors (Lipinski definition) is 1. The molecule has 0 N–H and O–H groups in total. The molecular weight excluding hydrogens is 286 g/mol. The van der Waals surface area contributed by atoms with Crippen LogP contribution in [0.2, 0.25) is 0 Å². The Balaban J connectivity index is 2.10. The quantitative estimate of drug-likeness (QED) is 0.674. The van der Waals surface area contributed by atoms with Gasteiger partial charge in [-0.3, -0.25) is 4.99 Å². The lowest BCUT2D eigenvalue weighted by atomic mass is 9.68. The van der Waals surface area contributed by atoms with Crippen LogP contribution in [-0.2, 0) is 5.41 Å². The van der Waals surface area contributed by atoms with E-state index in [1.807, 2.05) is 6.07 Å². The topological polar surface area (TPSA) is 12.4 Å². The van der Waals surface area contributed by atoms with Crippen LogP contribution in [-0.4, -0.2) is 5.71 Å². The molecule has 1 heterocycles. The van der Waals surface area contributed by atoms with Crippen molar-refractivity contribution in [3.63, 3.8) is 0 Å². The van der Waals surface area contributed by atoms with Crippen molar-refractivity contribution in [2.24, 2.45) is 4.99 Å². The summed E-state index contributed by atoms with van der Waals surface area (Å²) in [4.78, 5) is 4.77. The van der Waals surface area contributed by atoms with Gasteiger partial charge in [0.25, 0.3) is 0 Å². The summed E-state index contributed by atoms with van der Waals surface area (Å²) in [5.74, 6) is 0. The van der Waals surface area contributed by atoms with Crippen molar-refractivity contribution in [2.45, 2.75) is 5.41 Å². The van der Waals surface area contributed by atoms with E-state index in [1.54, 1.807) is 0 Å². The molecule has 0 saturated heterocycles. The van der Waals surface area contributed by atoms with Crippen molar-refractivity contribution in [2.75, 3.05) is 0 Å². The molecule has 0 saturated carbocycles. The van der Waals surface area contributed by atoms with Crippen LogP contribution >= 0.6 is 15.9 Å². The smallest absolute Gasteiger partial charge is 0.0839 e. The van der Waals surface area contributed by atoms with Gasteiger partial charge in [-0.15, -0.1) is 0 Å². The summed E-state index contributed by atoms with van der Waals surface area (Å²) < 4.78 is 1.11. The molecule has 0 radical (unpaired) electrons. The highest BCUT2D eigenvalue weighted by atomic mass is 79.9. The van der Waals surface area contributed by atoms with Crippen molar-refractivity contribution in [3.05, 3.63) is 76.3 Å². The molecule has 0 fully saturated rings. The van der Waals surface area contributed by atoms with Gasteiger partial charge >= 0.3 is 0 Å². The van der Waals surface area contributed by atoms with Crippen molar-refractivity contribution in [3.8, 4) is 0 Å². The molecule has 18 heavy (non-hydrogen) atoms. The summed E-state index contributed by atoms with van der Waals surface area (Å²) in [5.41, 5.74) is 4.58. The molecule has 1 nitrogen and oxygen atoms in total. The largest absolute Gasteiger partial charge is 0.251 e. The SMILES string of the molecule is BrC1=CC23C(=CC=CC2=Nc2ccccc23)C=C1. The second kappa shape index (κ2) is 3.42. The van der Waals surface area contributed by atoms with Crippen LogP contribution in [0.15, 0.2) is 75.8 Å². The van der Waals surface area contributed by atoms with Gasteiger partial charge in [0.1, 0.15) is 0 Å². The number of aliphatic imine (C=N–C) groups is 1. The maximum absolute atomic E-state index is 4.77. The number of rotatable bonds is 0. The second-order valence-corrected chi connectivity index (χ2v) is 5.58. The Labute approximate surface area is 114 Å². The van der Waals surface area contributed by atoms with Gasteiger partial charge in [0.2, 0.25) is 0 Å². The van der Waals surface area contributed by atoms with Crippen molar-refractivity contribution in [1.82, 2.24) is 0 Å². The second-order valence-electron chi connectivity index (χ2n) is 4.67. The lowest BCUT2D eigenvalue weighted by Crippen LogP contribution is -2.34. The van der Waals surface area contributed by atoms with Crippen LogP contribution in [0.3, 0.4) is 0 Å². The monoisotopic (exact) mass is 295 g/mol. The van der Waals surface area contributed by atoms with E-state index in [-0.39, 0.29) is 5.41 Å². The number of nitrogens with zero attached hydrogens (tertiary/aromatic N) is 1. The highest BCUT2D eigenvalue weighted by Gasteiger charge is 2.44. The number of benzene rings is 1. The summed E-state index contributed by atoms with van der Waals surface area (Å²) in [5, 5.41) is 0. The zero-order valence-electron chi connectivity index (χ0n) is 9.60. The molecule has 0 aromatic heterocycles. The van der Waals surface area contributed by atoms with Crippen LogP contribution in [0.5, 0.6) is 0 Å². The molecule has 3 aliphatic rings. The summed E-state index contributed by atoms with van der Waals surface area (Å²) >= 11 is 3.60. The Bertz CT molecular complexity index is 704. The molecule has 1 aromatic carbocycles. The number of allylic oxidation sites excluding steroid dienone is 8. The minimum atomic E-state index is -0.182. The highest BCUT2D eigenvalue weighted by Crippen LogP contribution is 2.50. The molecule has 0 bridgehead atoms. The van der Waals surface area contributed by atoms with Gasteiger partial charge < -0.3 is 0 Å². The fourth-order valence-electron chi connectivity index (χ4n) is 2.95. The Morgan fingerprint density at radius 1 is 1.06 bits per heavy atom. The molecule has 4 rings (SSSR count). The van der Waals surface area contributed by atoms with Crippen LogP contribution in [0.25, 0.3) is 0 Å². The minimum absolute atomic E-state index is 0.182. The lowest BCUT2D eigenvalue weighted by molar-refractivity contribution is 0.880. The lowest BCUT2D eigenvalue weighted by Gasteiger charge is -2.33. The molecule has 1 spiro atoms. The van der Waals surface area contributed by atoms with Crippen LogP contribution in [0.1, 0.15) is 5.56 Å². The van der Waals surface area contributed by atoms with E-state index < -0.39 is 0 Å². The summed E-state index contributed by atoms with van der Waals surface area (Å²) in [7, 11) is 0. The molecule has 1 aliphatic heterocycles. The van der Waals surface area contributed by atoms with Gasteiger partial charge in [0.15, 0.2) is 0 Å². The van der Waals surface area contributed by atoms with Gasteiger partial charge in [-0.2, -0.15) is 0 Å². The standard InChI is InChI=1S/C16H10BrN/c17-12-9-8-11-4-3-7-15-16(11,10-12)13-5-1-2-6-14(13)18-15/h1-10H. The van der Waals surface area contributed by atoms with E-state index in [4.69, 9.17) is 4.99 Å². The molecule has 2 heteroatoms. The van der Waals surface area contributed by atoms with Gasteiger partial charge in [-0.05, 0) is 35.4 Å². The first kappa shape index (κ1) is 10.3. The Morgan fingerprint density at radius 3 is 2.89 bits per heavy atom. The van der Waals surface area contributed by atoms with Gasteiger partial charge in [0.05, 0.1) is 16.8 Å². The summed E-state index contributed by atoms with van der Waals surface area (Å²) in [6, 6.07) is 8.39. The molecule has 0 amide bonds. The average Bonchev–Trinajstić information content (AvgIpc) is 2.71. The molecule has 2 aliphatic carbocycles. The van der Waals surface area contributed by atoms with E-state index in [1.165, 1.54) is 11.1 Å². The van der Waals surface area contributed by atoms with E-state index in [2.05, 4.69) is 70.6 Å². The first-order valence-corrected chi connectivity index (χ1v) is 6.74. The van der Waals surface area contributed by atoms with E-state index in [9.17, 15) is 0 Å². The fourth-order valence-corrected chi connectivity index (χ4v) is 3.43. The number of halogens is 1. The molecule has 1 atom stereocenters. The number of hydrogen-bond donors (Lipinski definition) is 0. The predicted octanol–water partition coefficient (Wildman–Crippen LogP) is 4.36. The molecule has 1 aromatic rings. The highest BCUT2D eigenvalue weighted by molar-refractivity contribution is 9.11. The maximum atomic E-state index is 4.77. The van der Waals surface area contributed by atoms with E-state index in [0.717, 1.165) is 15.9 Å². The third kappa shape index (κ3) is 1.14. The third-order valence-corrected chi connectivity index (χ3v) is 4.23. The van der Waals surface area contributed by atoms with Crippen LogP contribution in [0.4, 0.5) is 5.69 Å². The Morgan fingerprint density at radius 2 is 1.94 bits per heavy atom. The predicted molar refractivity (Wildman–Crippen MR) is 78.6 cm³/mol. The van der Waals surface area contributed by atoms with Crippen LogP contribution in [0, 0.1) is 0 Å². The van der Waals surface area contributed by atoms with E-state index >= 15 is 0 Å². The van der Waals surface area contributed by atoms with Crippen molar-refractivity contribution in [1.29, 1.82) is 0 Å². The minimum Gasteiger partial charge on any atom is -0.251 e. The first-order valence-electron chi connectivity index (χ1n) is 5.95. The van der Waals surface area contributed by atoms with Gasteiger partial charge in [-0.25, -0.2) is 0 Å². The van der Waals surface area contributed by atoms with Gasteiger partial charge in [-0.1, -0.05) is 52.4 Å². The van der Waals surface area contributed by atoms with E-state index in [0.29, 0.717) is 0 Å². The third-order valence-electron chi connectivity index (χ3n) is 3.74. The maximum Gasteiger partial charge on any atom is 0.0839 e. The molecule has 1 unspecified atom stereocenters. The number of fused-ring (bicyclic) bond motifs is 1. The van der Waals surface area contributed by atoms with Gasteiger partial charge in [0, 0.05) is 4.48 Å². The first-order chi connectivity index (χ1) is 8.80. The molecular formula is C16H10BrN. The average molecular weight is 296 g/mol. The van der Waals surface area contributed by atoms with Crippen LogP contribution < -0.4 is 0 Å². The van der Waals surface area contributed by atoms with Crippen molar-refractivity contribution < 1.29 is 0 Å². The zero-order valence-corrected chi connectivity index (χ0v) is 11.2. The number of para-hydroxylation sites is 1.